The summed E-state index contributed by atoms with van der Waals surface area (Å²) < 4.78 is 6.39. The minimum absolute atomic E-state index is 0.266. The van der Waals surface area contributed by atoms with Crippen molar-refractivity contribution in [2.45, 2.75) is 12.6 Å². The number of hydrogen-bond acceptors (Lipinski definition) is 5. The first-order valence-electron chi connectivity index (χ1n) is 5.75. The summed E-state index contributed by atoms with van der Waals surface area (Å²) in [4.78, 5) is 22.7. The van der Waals surface area contributed by atoms with E-state index in [0.717, 1.165) is 5.56 Å². The molecule has 0 aliphatic rings. The molecule has 102 valence electrons. The van der Waals surface area contributed by atoms with Crippen molar-refractivity contribution >= 4 is 17.0 Å². The van der Waals surface area contributed by atoms with Crippen molar-refractivity contribution in [2.24, 2.45) is 12.8 Å². The number of nitrogens with zero attached hydrogens (tertiary/aromatic N) is 1. The Labute approximate surface area is 108 Å². The van der Waals surface area contributed by atoms with E-state index in [1.54, 1.807) is 25.2 Å². The maximum Gasteiger partial charge on any atom is 0.419 e. The Kier molecular flexibility index (Phi) is 3.68. The number of fused-ring (bicyclic) bond motifs is 1. The van der Waals surface area contributed by atoms with E-state index in [2.05, 4.69) is 5.32 Å². The van der Waals surface area contributed by atoms with Crippen molar-refractivity contribution in [3.8, 4) is 0 Å². The van der Waals surface area contributed by atoms with E-state index >= 15 is 0 Å². The molecule has 1 atom stereocenters. The molecule has 1 unspecified atom stereocenters. The van der Waals surface area contributed by atoms with Crippen molar-refractivity contribution in [2.75, 3.05) is 6.61 Å². The molecule has 0 saturated carbocycles. The van der Waals surface area contributed by atoms with Crippen LogP contribution < -0.4 is 16.8 Å². The Bertz CT molecular complexity index is 659. The number of carbonyl (C=O) groups is 1. The van der Waals surface area contributed by atoms with Crippen LogP contribution in [0.2, 0.25) is 0 Å². The van der Waals surface area contributed by atoms with Crippen LogP contribution in [0.4, 0.5) is 0 Å². The fourth-order valence-corrected chi connectivity index (χ4v) is 1.69. The summed E-state index contributed by atoms with van der Waals surface area (Å²) in [6, 6.07) is 4.24. The number of carbonyl (C=O) groups excluding carboxylic acids is 1. The van der Waals surface area contributed by atoms with Crippen LogP contribution in [0, 0.1) is 0 Å². The highest BCUT2D eigenvalue weighted by Crippen LogP contribution is 2.14. The summed E-state index contributed by atoms with van der Waals surface area (Å²) in [5.74, 6) is -0.859. The second-order valence-corrected chi connectivity index (χ2v) is 4.24. The Morgan fingerprint density at radius 2 is 2.32 bits per heavy atom. The molecular formula is C12H15N3O4. The lowest BCUT2D eigenvalue weighted by Crippen LogP contribution is -2.42. The lowest BCUT2D eigenvalue weighted by Gasteiger charge is -2.09. The molecule has 7 heteroatoms. The predicted molar refractivity (Wildman–Crippen MR) is 68.4 cm³/mol. The second-order valence-electron chi connectivity index (χ2n) is 4.24. The molecule has 0 fully saturated rings. The summed E-state index contributed by atoms with van der Waals surface area (Å²) in [5, 5.41) is 11.3. The van der Waals surface area contributed by atoms with Gasteiger partial charge in [-0.25, -0.2) is 4.79 Å². The molecule has 7 nitrogen and oxygen atoms in total. The van der Waals surface area contributed by atoms with Crippen molar-refractivity contribution in [3.05, 3.63) is 34.3 Å². The number of nitrogens with one attached hydrogen (secondary N) is 1. The standard InChI is InChI=1S/C12H15N3O4/c1-15-9-4-7(2-3-10(9)19-12(15)18)5-14-11(17)8(13)6-16/h2-4,8,16H,5-6,13H2,1H3,(H,14,17). The van der Waals surface area contributed by atoms with Crippen molar-refractivity contribution in [3.63, 3.8) is 0 Å². The summed E-state index contributed by atoms with van der Waals surface area (Å²) in [5.41, 5.74) is 7.33. The summed E-state index contributed by atoms with van der Waals surface area (Å²) in [6.45, 7) is -0.136. The van der Waals surface area contributed by atoms with Gasteiger partial charge in [-0.15, -0.1) is 0 Å². The van der Waals surface area contributed by atoms with Gasteiger partial charge in [0.05, 0.1) is 12.1 Å². The maximum absolute atomic E-state index is 11.4. The monoisotopic (exact) mass is 265 g/mol. The number of aliphatic hydroxyl groups is 1. The zero-order valence-corrected chi connectivity index (χ0v) is 10.4. The van der Waals surface area contributed by atoms with Crippen molar-refractivity contribution < 1.29 is 14.3 Å². The number of nitrogens with two attached hydrogens (primary N) is 1. The topological polar surface area (TPSA) is 110 Å². The number of benzene rings is 1. The lowest BCUT2D eigenvalue weighted by atomic mass is 10.2. The lowest BCUT2D eigenvalue weighted by molar-refractivity contribution is -0.123. The number of rotatable bonds is 4. The molecule has 1 aromatic heterocycles. The van der Waals surface area contributed by atoms with Crippen molar-refractivity contribution in [1.82, 2.24) is 9.88 Å². The molecule has 4 N–H and O–H groups in total. The number of aromatic nitrogens is 1. The summed E-state index contributed by atoms with van der Waals surface area (Å²) in [7, 11) is 1.61. The quantitative estimate of drug-likeness (QED) is 0.661. The Balaban J connectivity index is 2.16. The molecule has 1 aromatic carbocycles. The Morgan fingerprint density at radius 1 is 1.58 bits per heavy atom. The third kappa shape index (κ3) is 2.67. The Morgan fingerprint density at radius 3 is 3.00 bits per heavy atom. The molecule has 19 heavy (non-hydrogen) atoms. The van der Waals surface area contributed by atoms with E-state index in [1.807, 2.05) is 0 Å². The van der Waals surface area contributed by atoms with Gasteiger partial charge in [0.15, 0.2) is 5.58 Å². The fourth-order valence-electron chi connectivity index (χ4n) is 1.69. The molecule has 0 radical (unpaired) electrons. The van der Waals surface area contributed by atoms with Gasteiger partial charge in [0.2, 0.25) is 5.91 Å². The molecule has 2 rings (SSSR count). The molecule has 1 heterocycles. The van der Waals surface area contributed by atoms with Crippen LogP contribution in [-0.4, -0.2) is 28.2 Å². The first-order valence-corrected chi connectivity index (χ1v) is 5.75. The third-order valence-electron chi connectivity index (χ3n) is 2.86. The molecular weight excluding hydrogens is 250 g/mol. The van der Waals surface area contributed by atoms with E-state index in [1.165, 1.54) is 4.57 Å². The van der Waals surface area contributed by atoms with Crippen LogP contribution in [0.25, 0.3) is 11.1 Å². The van der Waals surface area contributed by atoms with Gasteiger partial charge in [-0.1, -0.05) is 6.07 Å². The minimum Gasteiger partial charge on any atom is -0.408 e. The van der Waals surface area contributed by atoms with Crippen LogP contribution in [0.15, 0.2) is 27.4 Å². The van der Waals surface area contributed by atoms with Crippen LogP contribution in [-0.2, 0) is 18.4 Å². The molecule has 2 aromatic rings. The molecule has 0 aliphatic carbocycles. The number of hydrogen-bond donors (Lipinski definition) is 3. The highest BCUT2D eigenvalue weighted by Gasteiger charge is 2.12. The van der Waals surface area contributed by atoms with E-state index in [0.29, 0.717) is 11.1 Å². The molecule has 0 saturated heterocycles. The number of aliphatic hydroxyl groups excluding tert-OH is 1. The molecule has 1 amide bonds. The molecule has 0 aliphatic heterocycles. The van der Waals surface area contributed by atoms with E-state index < -0.39 is 24.3 Å². The van der Waals surface area contributed by atoms with E-state index in [4.69, 9.17) is 15.3 Å². The number of aryl methyl sites for hydroxylation is 1. The smallest absolute Gasteiger partial charge is 0.408 e. The summed E-state index contributed by atoms with van der Waals surface area (Å²) in [6.07, 6.45) is 0. The zero-order chi connectivity index (χ0) is 14.0. The largest absolute Gasteiger partial charge is 0.419 e. The predicted octanol–water partition coefficient (Wildman–Crippen LogP) is -0.933. The highest BCUT2D eigenvalue weighted by molar-refractivity contribution is 5.81. The first kappa shape index (κ1) is 13.3. The molecule has 0 spiro atoms. The van der Waals surface area contributed by atoms with Crippen molar-refractivity contribution in [1.29, 1.82) is 0 Å². The van der Waals surface area contributed by atoms with E-state index in [9.17, 15) is 9.59 Å². The fraction of sp³-hybridized carbons (Fsp3) is 0.333. The average molecular weight is 265 g/mol. The second kappa shape index (κ2) is 5.25. The summed E-state index contributed by atoms with van der Waals surface area (Å²) >= 11 is 0. The van der Waals surface area contributed by atoms with Crippen LogP contribution in [0.5, 0.6) is 0 Å². The van der Waals surface area contributed by atoms with Gasteiger partial charge in [0.25, 0.3) is 0 Å². The zero-order valence-electron chi connectivity index (χ0n) is 10.4. The average Bonchev–Trinajstić information content (AvgIpc) is 2.70. The SMILES string of the molecule is Cn1c(=O)oc2ccc(CNC(=O)C(N)CO)cc21. The highest BCUT2D eigenvalue weighted by atomic mass is 16.4. The van der Waals surface area contributed by atoms with Gasteiger partial charge in [-0.2, -0.15) is 0 Å². The van der Waals surface area contributed by atoms with Gasteiger partial charge in [0, 0.05) is 13.6 Å². The number of amides is 1. The van der Waals surface area contributed by atoms with Crippen LogP contribution in [0.1, 0.15) is 5.56 Å². The van der Waals surface area contributed by atoms with Gasteiger partial charge in [-0.05, 0) is 17.7 Å². The third-order valence-corrected chi connectivity index (χ3v) is 2.86. The van der Waals surface area contributed by atoms with Gasteiger partial charge < -0.3 is 20.6 Å². The van der Waals surface area contributed by atoms with Gasteiger partial charge in [-0.3, -0.25) is 9.36 Å². The first-order chi connectivity index (χ1) is 9.02. The normalized spacial score (nSPS) is 12.6. The van der Waals surface area contributed by atoms with Crippen LogP contribution in [0.3, 0.4) is 0 Å². The molecule has 0 bridgehead atoms. The van der Waals surface area contributed by atoms with Gasteiger partial charge >= 0.3 is 5.76 Å². The van der Waals surface area contributed by atoms with E-state index in [-0.39, 0.29) is 6.54 Å². The van der Waals surface area contributed by atoms with Gasteiger partial charge in [0.1, 0.15) is 6.04 Å². The number of oxazole rings is 1. The van der Waals surface area contributed by atoms with Crippen LogP contribution >= 0.6 is 0 Å². The minimum atomic E-state index is -0.929. The Hall–Kier alpha value is -2.12. The maximum atomic E-state index is 11.4.